The van der Waals surface area contributed by atoms with Gasteiger partial charge < -0.3 is 14.5 Å². The largest absolute Gasteiger partial charge is 0.445 e. The molecule has 2 aliphatic rings. The zero-order valence-electron chi connectivity index (χ0n) is 15.5. The monoisotopic (exact) mass is 412 g/mol. The Morgan fingerprint density at radius 3 is 2.07 bits per heavy atom. The molecule has 11 nitrogen and oxygen atoms in total. The molecule has 2 aromatic rings. The fourth-order valence-electron chi connectivity index (χ4n) is 3.62. The number of carbonyl (C=O) groups is 2. The van der Waals surface area contributed by atoms with Crippen molar-refractivity contribution >= 4 is 23.4 Å². The van der Waals surface area contributed by atoms with E-state index in [4.69, 9.17) is 4.74 Å². The highest BCUT2D eigenvalue weighted by Crippen LogP contribution is 2.38. The van der Waals surface area contributed by atoms with Crippen molar-refractivity contribution in [1.82, 2.24) is 9.80 Å². The Kier molecular flexibility index (Phi) is 4.78. The summed E-state index contributed by atoms with van der Waals surface area (Å²) in [4.78, 5) is 48.4. The molecule has 11 heteroatoms. The van der Waals surface area contributed by atoms with Crippen LogP contribution in [0.1, 0.15) is 15.9 Å². The minimum absolute atomic E-state index is 0.122. The standard InChI is InChI=1S/C19H16N4O7/c24-18(13-6-14(22(26)27)8-15(7-13)23(28)29)21-16-9-20(10-17(16)21)19(25)30-11-12-4-2-1-3-5-12/h1-8,16-17H,9-11H2. The molecule has 0 spiro atoms. The normalized spacial score (nSPS) is 19.2. The zero-order valence-corrected chi connectivity index (χ0v) is 15.5. The Labute approximate surface area is 169 Å². The van der Waals surface area contributed by atoms with Crippen molar-refractivity contribution in [2.24, 2.45) is 0 Å². The zero-order chi connectivity index (χ0) is 21.4. The minimum atomic E-state index is -0.780. The number of hydrogen-bond donors (Lipinski definition) is 0. The lowest BCUT2D eigenvalue weighted by atomic mass is 10.1. The molecule has 30 heavy (non-hydrogen) atoms. The van der Waals surface area contributed by atoms with E-state index >= 15 is 0 Å². The average molecular weight is 412 g/mol. The molecule has 0 radical (unpaired) electrons. The highest BCUT2D eigenvalue weighted by molar-refractivity contribution is 5.98. The number of rotatable bonds is 5. The average Bonchev–Trinajstić information content (AvgIpc) is 3.24. The van der Waals surface area contributed by atoms with E-state index in [0.29, 0.717) is 0 Å². The molecule has 0 bridgehead atoms. The summed E-state index contributed by atoms with van der Waals surface area (Å²) in [5, 5.41) is 22.0. The Morgan fingerprint density at radius 1 is 0.967 bits per heavy atom. The molecule has 0 aromatic heterocycles. The summed E-state index contributed by atoms with van der Waals surface area (Å²) in [6.45, 7) is 0.702. The second kappa shape index (κ2) is 7.43. The molecule has 2 aromatic carbocycles. The summed E-state index contributed by atoms with van der Waals surface area (Å²) in [5.41, 5.74) is -0.306. The summed E-state index contributed by atoms with van der Waals surface area (Å²) in [6.07, 6.45) is -0.482. The predicted octanol–water partition coefficient (Wildman–Crippen LogP) is 2.35. The van der Waals surface area contributed by atoms with E-state index in [0.717, 1.165) is 23.8 Å². The van der Waals surface area contributed by atoms with E-state index in [1.165, 1.54) is 9.80 Å². The van der Waals surface area contributed by atoms with Crippen molar-refractivity contribution in [2.75, 3.05) is 13.1 Å². The first-order valence-corrected chi connectivity index (χ1v) is 9.07. The van der Waals surface area contributed by atoms with Crippen molar-refractivity contribution in [1.29, 1.82) is 0 Å². The van der Waals surface area contributed by atoms with Gasteiger partial charge >= 0.3 is 6.09 Å². The maximum absolute atomic E-state index is 12.7. The summed E-state index contributed by atoms with van der Waals surface area (Å²) in [6, 6.07) is 11.6. The lowest BCUT2D eigenvalue weighted by Gasteiger charge is -2.20. The van der Waals surface area contributed by atoms with Crippen LogP contribution in [0, 0.1) is 20.2 Å². The van der Waals surface area contributed by atoms with Crippen LogP contribution in [0.5, 0.6) is 0 Å². The van der Waals surface area contributed by atoms with Crippen molar-refractivity contribution in [3.63, 3.8) is 0 Å². The third-order valence-electron chi connectivity index (χ3n) is 5.15. The second-order valence-electron chi connectivity index (χ2n) is 7.04. The molecule has 0 aliphatic carbocycles. The van der Waals surface area contributed by atoms with Crippen LogP contribution in [0.4, 0.5) is 16.2 Å². The topological polar surface area (TPSA) is 136 Å². The Morgan fingerprint density at radius 2 is 1.53 bits per heavy atom. The van der Waals surface area contributed by atoms with Gasteiger partial charge in [-0.05, 0) is 5.56 Å². The molecular weight excluding hydrogens is 396 g/mol. The van der Waals surface area contributed by atoms with Crippen LogP contribution in [0.25, 0.3) is 0 Å². The Hall–Kier alpha value is -4.02. The number of nitrogens with zero attached hydrogens (tertiary/aromatic N) is 4. The van der Waals surface area contributed by atoms with Gasteiger partial charge in [-0.2, -0.15) is 0 Å². The van der Waals surface area contributed by atoms with Gasteiger partial charge in [-0.25, -0.2) is 4.79 Å². The molecule has 0 saturated carbocycles. The van der Waals surface area contributed by atoms with Gasteiger partial charge in [-0.1, -0.05) is 30.3 Å². The fourth-order valence-corrected chi connectivity index (χ4v) is 3.62. The summed E-state index contributed by atoms with van der Waals surface area (Å²) in [7, 11) is 0. The number of piperazine rings is 1. The first-order valence-electron chi connectivity index (χ1n) is 9.07. The van der Waals surface area contributed by atoms with Crippen molar-refractivity contribution in [2.45, 2.75) is 18.7 Å². The molecule has 2 unspecified atom stereocenters. The fraction of sp³-hybridized carbons (Fsp3) is 0.263. The molecule has 2 fully saturated rings. The first-order chi connectivity index (χ1) is 14.3. The summed E-state index contributed by atoms with van der Waals surface area (Å²) >= 11 is 0. The van der Waals surface area contributed by atoms with Crippen molar-refractivity contribution < 1.29 is 24.2 Å². The third kappa shape index (κ3) is 3.64. The quantitative estimate of drug-likeness (QED) is 0.418. The van der Waals surface area contributed by atoms with Gasteiger partial charge in [-0.15, -0.1) is 0 Å². The smallest absolute Gasteiger partial charge is 0.410 e. The van der Waals surface area contributed by atoms with Gasteiger partial charge in [-0.3, -0.25) is 25.0 Å². The van der Waals surface area contributed by atoms with Gasteiger partial charge in [0, 0.05) is 25.2 Å². The minimum Gasteiger partial charge on any atom is -0.445 e. The van der Waals surface area contributed by atoms with Crippen LogP contribution in [0.3, 0.4) is 0 Å². The number of carbonyl (C=O) groups excluding carboxylic acids is 2. The van der Waals surface area contributed by atoms with E-state index in [9.17, 15) is 29.8 Å². The number of fused-ring (bicyclic) bond motifs is 1. The molecular formula is C19H16N4O7. The SMILES string of the molecule is O=C(OCc1ccccc1)N1CC2C(C1)N2C(=O)c1cc([N+](=O)[O-])cc([N+](=O)[O-])c1. The lowest BCUT2D eigenvalue weighted by Crippen LogP contribution is -2.36. The number of nitro groups is 2. The molecule has 2 saturated heterocycles. The van der Waals surface area contributed by atoms with Crippen LogP contribution in [0.15, 0.2) is 48.5 Å². The molecule has 2 atom stereocenters. The number of amides is 2. The molecule has 2 heterocycles. The highest BCUT2D eigenvalue weighted by Gasteiger charge is 2.58. The summed E-state index contributed by atoms with van der Waals surface area (Å²) < 4.78 is 5.28. The van der Waals surface area contributed by atoms with Crippen LogP contribution < -0.4 is 0 Å². The maximum Gasteiger partial charge on any atom is 0.410 e. The third-order valence-corrected chi connectivity index (χ3v) is 5.15. The first kappa shape index (κ1) is 19.3. The van der Waals surface area contributed by atoms with Gasteiger partial charge in [0.1, 0.15) is 6.61 Å². The maximum atomic E-state index is 12.7. The van der Waals surface area contributed by atoms with Crippen LogP contribution in [0.2, 0.25) is 0 Å². The lowest BCUT2D eigenvalue weighted by molar-refractivity contribution is -0.394. The summed E-state index contributed by atoms with van der Waals surface area (Å²) in [5.74, 6) is -0.533. The predicted molar refractivity (Wildman–Crippen MR) is 102 cm³/mol. The van der Waals surface area contributed by atoms with E-state index in [1.807, 2.05) is 30.3 Å². The Bertz CT molecular complexity index is 998. The van der Waals surface area contributed by atoms with E-state index in [1.54, 1.807) is 0 Å². The Balaban J connectivity index is 1.38. The van der Waals surface area contributed by atoms with Gasteiger partial charge in [0.25, 0.3) is 17.3 Å². The number of likely N-dealkylation sites (tertiary alicyclic amines) is 1. The van der Waals surface area contributed by atoms with Gasteiger partial charge in [0.15, 0.2) is 0 Å². The molecule has 4 rings (SSSR count). The van der Waals surface area contributed by atoms with E-state index < -0.39 is 33.2 Å². The number of non-ortho nitro benzene ring substituents is 2. The molecule has 154 valence electrons. The molecule has 0 N–H and O–H groups in total. The number of hydrogen-bond acceptors (Lipinski definition) is 7. The second-order valence-corrected chi connectivity index (χ2v) is 7.04. The number of benzene rings is 2. The van der Waals surface area contributed by atoms with Gasteiger partial charge in [0.05, 0.1) is 33.6 Å². The number of nitro benzene ring substituents is 2. The van der Waals surface area contributed by atoms with E-state index in [2.05, 4.69) is 0 Å². The molecule has 2 aliphatic heterocycles. The van der Waals surface area contributed by atoms with Crippen LogP contribution in [-0.2, 0) is 11.3 Å². The van der Waals surface area contributed by atoms with Crippen molar-refractivity contribution in [3.8, 4) is 0 Å². The van der Waals surface area contributed by atoms with Crippen LogP contribution >= 0.6 is 0 Å². The van der Waals surface area contributed by atoms with Crippen LogP contribution in [-0.4, -0.2) is 56.8 Å². The van der Waals surface area contributed by atoms with E-state index in [-0.39, 0.29) is 37.3 Å². The molecule has 2 amide bonds. The van der Waals surface area contributed by atoms with Gasteiger partial charge in [0.2, 0.25) is 0 Å². The number of ether oxygens (including phenoxy) is 1. The van der Waals surface area contributed by atoms with Crippen molar-refractivity contribution in [3.05, 3.63) is 79.9 Å². The highest BCUT2D eigenvalue weighted by atomic mass is 16.6.